The molecule has 0 fully saturated rings. The Morgan fingerprint density at radius 1 is 1.09 bits per heavy atom. The largest absolute Gasteiger partial charge is 0.488 e. The van der Waals surface area contributed by atoms with Crippen LogP contribution in [0.2, 0.25) is 0 Å². The Bertz CT molecular complexity index is 497. The molecule has 5 nitrogen and oxygen atoms in total. The molecular formula is C18H29NO4. The van der Waals surface area contributed by atoms with Crippen molar-refractivity contribution in [2.75, 3.05) is 6.61 Å². The van der Waals surface area contributed by atoms with E-state index < -0.39 is 11.7 Å². The van der Waals surface area contributed by atoms with Crippen LogP contribution in [0.5, 0.6) is 5.75 Å². The fourth-order valence-electron chi connectivity index (χ4n) is 2.02. The molecule has 1 aromatic carbocycles. The second-order valence-electron chi connectivity index (χ2n) is 7.49. The first-order valence-corrected chi connectivity index (χ1v) is 7.89. The van der Waals surface area contributed by atoms with Crippen LogP contribution >= 0.6 is 0 Å². The summed E-state index contributed by atoms with van der Waals surface area (Å²) in [7, 11) is 0. The molecule has 1 rings (SSSR count). The van der Waals surface area contributed by atoms with Gasteiger partial charge in [-0.3, -0.25) is 0 Å². The summed E-state index contributed by atoms with van der Waals surface area (Å²) in [6.45, 7) is 11.4. The lowest BCUT2D eigenvalue weighted by Gasteiger charge is -2.24. The quantitative estimate of drug-likeness (QED) is 0.864. The number of hydrogen-bond acceptors (Lipinski definition) is 4. The maximum atomic E-state index is 11.9. The van der Waals surface area contributed by atoms with Crippen molar-refractivity contribution in [3.63, 3.8) is 0 Å². The average Bonchev–Trinajstić information content (AvgIpc) is 2.35. The second-order valence-corrected chi connectivity index (χ2v) is 7.49. The number of hydrogen-bond donors (Lipinski definition) is 2. The first kappa shape index (κ1) is 19.3. The van der Waals surface area contributed by atoms with Gasteiger partial charge in [-0.05, 0) is 65.7 Å². The fourth-order valence-corrected chi connectivity index (χ4v) is 2.02. The summed E-state index contributed by atoms with van der Waals surface area (Å²) in [6.07, 6.45) is -0.0791. The smallest absolute Gasteiger partial charge is 0.408 e. The molecule has 0 spiro atoms. The summed E-state index contributed by atoms with van der Waals surface area (Å²) < 4.78 is 11.1. The van der Waals surface area contributed by atoms with E-state index in [4.69, 9.17) is 9.47 Å². The third-order valence-electron chi connectivity index (χ3n) is 2.82. The van der Waals surface area contributed by atoms with E-state index in [0.717, 1.165) is 11.3 Å². The fraction of sp³-hybridized carbons (Fsp3) is 0.611. The van der Waals surface area contributed by atoms with Gasteiger partial charge in [-0.2, -0.15) is 0 Å². The highest BCUT2D eigenvalue weighted by molar-refractivity contribution is 5.68. The highest BCUT2D eigenvalue weighted by Crippen LogP contribution is 2.23. The Labute approximate surface area is 139 Å². The minimum Gasteiger partial charge on any atom is -0.488 e. The predicted molar refractivity (Wildman–Crippen MR) is 90.6 cm³/mol. The summed E-state index contributed by atoms with van der Waals surface area (Å²) in [6, 6.07) is 7.19. The van der Waals surface area contributed by atoms with Crippen LogP contribution in [0, 0.1) is 0 Å². The third kappa shape index (κ3) is 7.88. The predicted octanol–water partition coefficient (Wildman–Crippen LogP) is 3.81. The van der Waals surface area contributed by atoms with Gasteiger partial charge in [-0.15, -0.1) is 0 Å². The van der Waals surface area contributed by atoms with Crippen molar-refractivity contribution in [2.45, 2.75) is 65.2 Å². The van der Waals surface area contributed by atoms with Gasteiger partial charge in [0, 0.05) is 6.61 Å². The van der Waals surface area contributed by atoms with Gasteiger partial charge in [-0.1, -0.05) is 12.1 Å². The molecule has 1 amide bonds. The zero-order valence-electron chi connectivity index (χ0n) is 15.0. The summed E-state index contributed by atoms with van der Waals surface area (Å²) >= 11 is 0. The van der Waals surface area contributed by atoms with Crippen LogP contribution in [0.15, 0.2) is 24.3 Å². The number of aliphatic hydroxyl groups is 1. The minimum atomic E-state index is -0.557. The Morgan fingerprint density at radius 3 is 2.09 bits per heavy atom. The number of nitrogens with one attached hydrogen (secondary N) is 1. The van der Waals surface area contributed by atoms with E-state index >= 15 is 0 Å². The van der Waals surface area contributed by atoms with Crippen LogP contribution in [0.1, 0.15) is 59.6 Å². The molecule has 0 heterocycles. The van der Waals surface area contributed by atoms with E-state index in [2.05, 4.69) is 5.32 Å². The van der Waals surface area contributed by atoms with Crippen molar-refractivity contribution >= 4 is 6.09 Å². The Morgan fingerprint density at radius 2 is 1.65 bits per heavy atom. The maximum absolute atomic E-state index is 11.9. The number of alkyl carbamates (subject to hydrolysis) is 1. The monoisotopic (exact) mass is 323 g/mol. The van der Waals surface area contributed by atoms with E-state index in [9.17, 15) is 9.90 Å². The van der Waals surface area contributed by atoms with Crippen molar-refractivity contribution in [1.29, 1.82) is 0 Å². The topological polar surface area (TPSA) is 67.8 Å². The number of rotatable bonds is 5. The zero-order valence-corrected chi connectivity index (χ0v) is 15.0. The average molecular weight is 323 g/mol. The molecule has 130 valence electrons. The maximum Gasteiger partial charge on any atom is 0.408 e. The molecule has 0 radical (unpaired) electrons. The molecular weight excluding hydrogens is 294 g/mol. The van der Waals surface area contributed by atoms with E-state index in [1.54, 1.807) is 0 Å². The SMILES string of the molecule is CC(C)(C)OC(=O)NC(CCO)c1ccc(OC(C)(C)C)cc1. The van der Waals surface area contributed by atoms with Crippen LogP contribution in [-0.4, -0.2) is 29.0 Å². The van der Waals surface area contributed by atoms with Crippen LogP contribution in [0.25, 0.3) is 0 Å². The number of carbonyl (C=O) groups is 1. The molecule has 0 aromatic heterocycles. The zero-order chi connectivity index (χ0) is 17.7. The molecule has 1 atom stereocenters. The molecule has 2 N–H and O–H groups in total. The van der Waals surface area contributed by atoms with Crippen molar-refractivity contribution in [3.8, 4) is 5.75 Å². The molecule has 0 saturated heterocycles. The van der Waals surface area contributed by atoms with Gasteiger partial charge >= 0.3 is 6.09 Å². The molecule has 0 aliphatic heterocycles. The number of benzene rings is 1. The molecule has 0 saturated carbocycles. The highest BCUT2D eigenvalue weighted by atomic mass is 16.6. The van der Waals surface area contributed by atoms with Gasteiger partial charge < -0.3 is 19.9 Å². The van der Waals surface area contributed by atoms with Gasteiger partial charge in [0.25, 0.3) is 0 Å². The van der Waals surface area contributed by atoms with Crippen molar-refractivity contribution < 1.29 is 19.4 Å². The third-order valence-corrected chi connectivity index (χ3v) is 2.82. The summed E-state index contributed by atoms with van der Waals surface area (Å²) in [5.41, 5.74) is 0.0742. The molecule has 1 unspecified atom stereocenters. The molecule has 0 aliphatic rings. The summed E-state index contributed by atoms with van der Waals surface area (Å²) in [5.74, 6) is 0.765. The molecule has 0 aliphatic carbocycles. The number of ether oxygens (including phenoxy) is 2. The summed E-state index contributed by atoms with van der Waals surface area (Å²) in [4.78, 5) is 11.9. The van der Waals surface area contributed by atoms with Crippen LogP contribution < -0.4 is 10.1 Å². The number of carbonyl (C=O) groups excluding carboxylic acids is 1. The Kier molecular flexibility index (Phi) is 6.45. The molecule has 5 heteroatoms. The standard InChI is InChI=1S/C18H29NO4/c1-17(2,3)22-14-9-7-13(8-10-14)15(11-12-20)19-16(21)23-18(4,5)6/h7-10,15,20H,11-12H2,1-6H3,(H,19,21). The lowest BCUT2D eigenvalue weighted by atomic mass is 10.0. The van der Waals surface area contributed by atoms with Gasteiger partial charge in [0.15, 0.2) is 0 Å². The Hall–Kier alpha value is -1.75. The van der Waals surface area contributed by atoms with E-state index in [1.165, 1.54) is 0 Å². The van der Waals surface area contributed by atoms with Gasteiger partial charge in [0.05, 0.1) is 6.04 Å². The van der Waals surface area contributed by atoms with Crippen LogP contribution in [0.3, 0.4) is 0 Å². The highest BCUT2D eigenvalue weighted by Gasteiger charge is 2.20. The van der Waals surface area contributed by atoms with Crippen molar-refractivity contribution in [2.24, 2.45) is 0 Å². The van der Waals surface area contributed by atoms with E-state index in [0.29, 0.717) is 6.42 Å². The van der Waals surface area contributed by atoms with Gasteiger partial charge in [-0.25, -0.2) is 4.79 Å². The van der Waals surface area contributed by atoms with Crippen LogP contribution in [0.4, 0.5) is 4.79 Å². The number of aliphatic hydroxyl groups excluding tert-OH is 1. The lowest BCUT2D eigenvalue weighted by molar-refractivity contribution is 0.0496. The normalized spacial score (nSPS) is 13.3. The van der Waals surface area contributed by atoms with Gasteiger partial charge in [0.2, 0.25) is 0 Å². The van der Waals surface area contributed by atoms with E-state index in [-0.39, 0.29) is 18.2 Å². The van der Waals surface area contributed by atoms with Gasteiger partial charge in [0.1, 0.15) is 17.0 Å². The molecule has 23 heavy (non-hydrogen) atoms. The Balaban J connectivity index is 2.79. The first-order chi connectivity index (χ1) is 10.5. The van der Waals surface area contributed by atoms with E-state index in [1.807, 2.05) is 65.8 Å². The van der Waals surface area contributed by atoms with Crippen molar-refractivity contribution in [3.05, 3.63) is 29.8 Å². The van der Waals surface area contributed by atoms with Crippen molar-refractivity contribution in [1.82, 2.24) is 5.32 Å². The first-order valence-electron chi connectivity index (χ1n) is 7.89. The van der Waals surface area contributed by atoms with Crippen LogP contribution in [-0.2, 0) is 4.74 Å². The lowest BCUT2D eigenvalue weighted by Crippen LogP contribution is -2.35. The minimum absolute atomic E-state index is 0.0271. The number of amides is 1. The second kappa shape index (κ2) is 7.68. The molecule has 0 bridgehead atoms. The molecule has 1 aromatic rings. The summed E-state index contributed by atoms with van der Waals surface area (Å²) in [5, 5.41) is 12.0.